The Hall–Kier alpha value is -1.46. The monoisotopic (exact) mass is 295 g/mol. The maximum atomic E-state index is 13.5. The number of carbonyl (C=O) groups is 1. The van der Waals surface area contributed by atoms with E-state index in [9.17, 15) is 14.3 Å². The van der Waals surface area contributed by atoms with Gasteiger partial charge in [-0.25, -0.2) is 4.39 Å². The van der Waals surface area contributed by atoms with E-state index in [1.54, 1.807) is 6.07 Å². The Morgan fingerprint density at radius 2 is 2.29 bits per heavy atom. The van der Waals surface area contributed by atoms with Gasteiger partial charge in [0.15, 0.2) is 0 Å². The van der Waals surface area contributed by atoms with Crippen LogP contribution >= 0.6 is 0 Å². The van der Waals surface area contributed by atoms with Gasteiger partial charge in [-0.3, -0.25) is 4.79 Å². The van der Waals surface area contributed by atoms with Crippen molar-refractivity contribution in [2.24, 2.45) is 5.73 Å². The number of halogens is 1. The average molecular weight is 295 g/mol. The molecule has 3 N–H and O–H groups in total. The zero-order valence-electron chi connectivity index (χ0n) is 12.4. The van der Waals surface area contributed by atoms with Gasteiger partial charge in [0.2, 0.25) is 0 Å². The number of rotatable bonds is 5. The number of carboxylic acid groups (broad SMARTS) is 1. The van der Waals surface area contributed by atoms with Crippen LogP contribution in [0.2, 0.25) is 0 Å². The van der Waals surface area contributed by atoms with Gasteiger partial charge in [-0.2, -0.15) is 0 Å². The van der Waals surface area contributed by atoms with Gasteiger partial charge in [-0.15, -0.1) is 0 Å². The minimum absolute atomic E-state index is 0.0912. The molecule has 2 atom stereocenters. The van der Waals surface area contributed by atoms with Crippen LogP contribution in [0.5, 0.6) is 0 Å². The van der Waals surface area contributed by atoms with Crippen molar-refractivity contribution in [3.63, 3.8) is 0 Å². The number of nitrogens with two attached hydrogens (primary N) is 1. The number of benzene rings is 1. The van der Waals surface area contributed by atoms with Crippen molar-refractivity contribution in [3.8, 4) is 0 Å². The second-order valence-electron chi connectivity index (χ2n) is 6.34. The lowest BCUT2D eigenvalue weighted by Crippen LogP contribution is -2.45. The van der Waals surface area contributed by atoms with Crippen LogP contribution in [0.3, 0.4) is 0 Å². The zero-order chi connectivity index (χ0) is 15.7. The average Bonchev–Trinajstić information content (AvgIpc) is 2.75. The second kappa shape index (κ2) is 5.73. The van der Waals surface area contributed by atoms with Crippen LogP contribution in [-0.2, 0) is 14.9 Å². The molecule has 0 bridgehead atoms. The molecule has 5 heteroatoms. The van der Waals surface area contributed by atoms with Crippen molar-refractivity contribution in [1.29, 1.82) is 0 Å². The van der Waals surface area contributed by atoms with Crippen molar-refractivity contribution in [1.82, 2.24) is 0 Å². The molecule has 1 heterocycles. The minimum atomic E-state index is -1.31. The standard InChI is InChI=1S/C16H22FNO3/c1-15(2)7-6-13(21-15)9-16(10-18,14(19)20)11-4-3-5-12(17)8-11/h3-5,8,13H,6-7,9-10,18H2,1-2H3,(H,19,20). The largest absolute Gasteiger partial charge is 0.481 e. The first-order valence-corrected chi connectivity index (χ1v) is 7.16. The van der Waals surface area contributed by atoms with Crippen LogP contribution in [-0.4, -0.2) is 29.3 Å². The smallest absolute Gasteiger partial charge is 0.315 e. The highest BCUT2D eigenvalue weighted by Gasteiger charge is 2.44. The van der Waals surface area contributed by atoms with Crippen LogP contribution in [0.25, 0.3) is 0 Å². The van der Waals surface area contributed by atoms with Gasteiger partial charge < -0.3 is 15.6 Å². The van der Waals surface area contributed by atoms with E-state index in [0.717, 1.165) is 12.8 Å². The lowest BCUT2D eigenvalue weighted by atomic mass is 9.75. The van der Waals surface area contributed by atoms with E-state index < -0.39 is 17.2 Å². The molecule has 2 unspecified atom stereocenters. The quantitative estimate of drug-likeness (QED) is 0.875. The summed E-state index contributed by atoms with van der Waals surface area (Å²) in [7, 11) is 0. The molecule has 1 saturated heterocycles. The van der Waals surface area contributed by atoms with E-state index in [1.165, 1.54) is 18.2 Å². The van der Waals surface area contributed by atoms with E-state index in [2.05, 4.69) is 0 Å². The number of carboxylic acids is 1. The van der Waals surface area contributed by atoms with Crippen molar-refractivity contribution < 1.29 is 19.0 Å². The molecule has 1 fully saturated rings. The van der Waals surface area contributed by atoms with Crippen LogP contribution in [0, 0.1) is 5.82 Å². The summed E-state index contributed by atoms with van der Waals surface area (Å²) in [5.41, 5.74) is 4.62. The Kier molecular flexibility index (Phi) is 4.35. The van der Waals surface area contributed by atoms with Crippen LogP contribution in [0.15, 0.2) is 24.3 Å². The lowest BCUT2D eigenvalue weighted by molar-refractivity contribution is -0.145. The van der Waals surface area contributed by atoms with E-state index in [-0.39, 0.29) is 24.7 Å². The molecule has 0 amide bonds. The molecule has 0 spiro atoms. The Morgan fingerprint density at radius 1 is 1.57 bits per heavy atom. The van der Waals surface area contributed by atoms with Crippen LogP contribution in [0.4, 0.5) is 4.39 Å². The Morgan fingerprint density at radius 3 is 2.76 bits per heavy atom. The lowest BCUT2D eigenvalue weighted by Gasteiger charge is -2.31. The molecule has 1 aliphatic rings. The topological polar surface area (TPSA) is 72.6 Å². The summed E-state index contributed by atoms with van der Waals surface area (Å²) < 4.78 is 19.4. The molecule has 0 aromatic heterocycles. The van der Waals surface area contributed by atoms with Gasteiger partial charge in [0, 0.05) is 6.54 Å². The number of hydrogen-bond acceptors (Lipinski definition) is 3. The fraction of sp³-hybridized carbons (Fsp3) is 0.562. The third kappa shape index (κ3) is 3.24. The summed E-state index contributed by atoms with van der Waals surface area (Å²) in [4.78, 5) is 11.9. The minimum Gasteiger partial charge on any atom is -0.481 e. The van der Waals surface area contributed by atoms with E-state index in [4.69, 9.17) is 10.5 Å². The third-order valence-electron chi connectivity index (χ3n) is 4.27. The molecule has 116 valence electrons. The molecule has 1 aromatic carbocycles. The number of aliphatic carboxylic acids is 1. The van der Waals surface area contributed by atoms with Crippen LogP contribution < -0.4 is 5.73 Å². The summed E-state index contributed by atoms with van der Waals surface area (Å²) in [5.74, 6) is -1.50. The van der Waals surface area contributed by atoms with E-state index in [0.29, 0.717) is 5.56 Å². The summed E-state index contributed by atoms with van der Waals surface area (Å²) in [6, 6.07) is 5.67. The van der Waals surface area contributed by atoms with Crippen LogP contribution in [0.1, 0.15) is 38.7 Å². The van der Waals surface area contributed by atoms with Gasteiger partial charge in [0.25, 0.3) is 0 Å². The number of ether oxygens (including phenoxy) is 1. The summed E-state index contributed by atoms with van der Waals surface area (Å²) in [6.07, 6.45) is 1.74. The van der Waals surface area contributed by atoms with Gasteiger partial charge in [-0.05, 0) is 50.8 Å². The predicted molar refractivity (Wildman–Crippen MR) is 77.6 cm³/mol. The fourth-order valence-electron chi connectivity index (χ4n) is 3.01. The summed E-state index contributed by atoms with van der Waals surface area (Å²) in [5, 5.41) is 9.70. The fourth-order valence-corrected chi connectivity index (χ4v) is 3.01. The molecule has 21 heavy (non-hydrogen) atoms. The van der Waals surface area contributed by atoms with Gasteiger partial charge in [0.05, 0.1) is 11.7 Å². The van der Waals surface area contributed by atoms with Crippen molar-refractivity contribution in [2.75, 3.05) is 6.54 Å². The highest BCUT2D eigenvalue weighted by molar-refractivity contribution is 5.81. The Labute approximate surface area is 124 Å². The first-order valence-electron chi connectivity index (χ1n) is 7.16. The summed E-state index contributed by atoms with van der Waals surface area (Å²) >= 11 is 0. The maximum absolute atomic E-state index is 13.5. The summed E-state index contributed by atoms with van der Waals surface area (Å²) in [6.45, 7) is 3.88. The van der Waals surface area contributed by atoms with Gasteiger partial charge in [-0.1, -0.05) is 12.1 Å². The molecule has 1 aromatic rings. The molecule has 0 aliphatic carbocycles. The van der Waals surface area contributed by atoms with Gasteiger partial charge in [0.1, 0.15) is 11.2 Å². The van der Waals surface area contributed by atoms with Gasteiger partial charge >= 0.3 is 5.97 Å². The van der Waals surface area contributed by atoms with Crippen molar-refractivity contribution >= 4 is 5.97 Å². The zero-order valence-corrected chi connectivity index (χ0v) is 12.4. The maximum Gasteiger partial charge on any atom is 0.315 e. The predicted octanol–water partition coefficient (Wildman–Crippen LogP) is 2.45. The molecular formula is C16H22FNO3. The Bertz CT molecular complexity index is 532. The molecular weight excluding hydrogens is 273 g/mol. The second-order valence-corrected chi connectivity index (χ2v) is 6.34. The SMILES string of the molecule is CC1(C)CCC(CC(CN)(C(=O)O)c2cccc(F)c2)O1. The molecule has 2 rings (SSSR count). The molecule has 0 radical (unpaired) electrons. The normalized spacial score (nSPS) is 23.7. The molecule has 1 aliphatic heterocycles. The first-order chi connectivity index (χ1) is 9.79. The number of hydrogen-bond donors (Lipinski definition) is 2. The van der Waals surface area contributed by atoms with E-state index >= 15 is 0 Å². The highest BCUT2D eigenvalue weighted by Crippen LogP contribution is 2.38. The highest BCUT2D eigenvalue weighted by atomic mass is 19.1. The van der Waals surface area contributed by atoms with E-state index in [1.807, 2.05) is 13.8 Å². The third-order valence-corrected chi connectivity index (χ3v) is 4.27. The van der Waals surface area contributed by atoms with Crippen molar-refractivity contribution in [3.05, 3.63) is 35.6 Å². The first kappa shape index (κ1) is 15.9. The Balaban J connectivity index is 2.32. The van der Waals surface area contributed by atoms with Crippen molar-refractivity contribution in [2.45, 2.75) is 50.2 Å². The molecule has 0 saturated carbocycles. The molecule has 4 nitrogen and oxygen atoms in total.